The van der Waals surface area contributed by atoms with Gasteiger partial charge in [-0.3, -0.25) is 14.2 Å². The van der Waals surface area contributed by atoms with Crippen molar-refractivity contribution in [1.82, 2.24) is 14.8 Å². The highest BCUT2D eigenvalue weighted by atomic mass is 16.5. The van der Waals surface area contributed by atoms with Gasteiger partial charge in [0.25, 0.3) is 11.5 Å². The summed E-state index contributed by atoms with van der Waals surface area (Å²) < 4.78 is 6.42. The molecule has 1 aliphatic heterocycles. The van der Waals surface area contributed by atoms with E-state index in [1.807, 2.05) is 12.1 Å². The molecule has 0 bridgehead atoms. The van der Waals surface area contributed by atoms with Crippen molar-refractivity contribution in [3.05, 3.63) is 63.1 Å². The van der Waals surface area contributed by atoms with Gasteiger partial charge in [0.1, 0.15) is 11.6 Å². The van der Waals surface area contributed by atoms with Gasteiger partial charge in [-0.05, 0) is 55.0 Å². The molecule has 1 fully saturated rings. The molecular weight excluding hydrogens is 370 g/mol. The second-order valence-electron chi connectivity index (χ2n) is 7.56. The average molecular weight is 395 g/mol. The predicted molar refractivity (Wildman–Crippen MR) is 109 cm³/mol. The number of piperazine rings is 1. The number of nitrogens with one attached hydrogen (secondary N) is 1. The van der Waals surface area contributed by atoms with Crippen molar-refractivity contribution in [2.75, 3.05) is 26.7 Å². The monoisotopic (exact) mass is 395 g/mol. The number of nitrogens with zero attached hydrogens (tertiary/aromatic N) is 2. The minimum absolute atomic E-state index is 0.110. The van der Waals surface area contributed by atoms with E-state index in [0.717, 1.165) is 24.9 Å². The van der Waals surface area contributed by atoms with E-state index >= 15 is 0 Å². The molecule has 1 unspecified atom stereocenters. The highest BCUT2D eigenvalue weighted by molar-refractivity contribution is 5.98. The second kappa shape index (κ2) is 7.83. The van der Waals surface area contributed by atoms with E-state index in [0.29, 0.717) is 25.2 Å². The van der Waals surface area contributed by atoms with Gasteiger partial charge in [0.05, 0.1) is 12.8 Å². The molecular formula is C22H25N3O4. The molecule has 1 saturated heterocycles. The summed E-state index contributed by atoms with van der Waals surface area (Å²) in [6.07, 6.45) is 4.74. The maximum Gasteiger partial charge on any atom is 0.329 e. The summed E-state index contributed by atoms with van der Waals surface area (Å²) in [5, 5.41) is 3.10. The molecule has 2 heterocycles. The number of aromatic nitrogens is 1. The number of hydrogen-bond acceptors (Lipinski definition) is 5. The standard InChI is InChI=1S/C22H25N3O4/c1-14-9-11-24(17-8-4-6-15-5-3-7-16(15)17)20(26)19(14)21(27)25-12-10-23-13-18(25)22(28)29-2/h4,6,8-9,11,18,23H,3,5,7,10,12-13H2,1-2H3. The van der Waals surface area contributed by atoms with E-state index in [9.17, 15) is 14.4 Å². The molecule has 7 heteroatoms. The van der Waals surface area contributed by atoms with Crippen molar-refractivity contribution >= 4 is 11.9 Å². The Morgan fingerprint density at radius 2 is 2.03 bits per heavy atom. The molecule has 1 aliphatic carbocycles. The zero-order valence-corrected chi connectivity index (χ0v) is 16.7. The Morgan fingerprint density at radius 3 is 2.83 bits per heavy atom. The van der Waals surface area contributed by atoms with Gasteiger partial charge in [-0.25, -0.2) is 4.79 Å². The van der Waals surface area contributed by atoms with Crippen LogP contribution in [0.1, 0.15) is 33.5 Å². The lowest BCUT2D eigenvalue weighted by atomic mass is 10.1. The number of aryl methyl sites for hydroxylation is 2. The summed E-state index contributed by atoms with van der Waals surface area (Å²) in [5.74, 6) is -0.910. The van der Waals surface area contributed by atoms with Crippen LogP contribution < -0.4 is 10.9 Å². The van der Waals surface area contributed by atoms with E-state index in [-0.39, 0.29) is 11.1 Å². The fourth-order valence-corrected chi connectivity index (χ4v) is 4.34. The number of pyridine rings is 1. The van der Waals surface area contributed by atoms with Gasteiger partial charge in [-0.2, -0.15) is 0 Å². The molecule has 1 atom stereocenters. The SMILES string of the molecule is COC(=O)C1CNCCN1C(=O)c1c(C)ccn(-c2cccc3c2CCC3)c1=O. The van der Waals surface area contributed by atoms with Gasteiger partial charge in [0.15, 0.2) is 0 Å². The van der Waals surface area contributed by atoms with Crippen molar-refractivity contribution in [2.24, 2.45) is 0 Å². The molecule has 0 spiro atoms. The Labute approximate surface area is 169 Å². The highest BCUT2D eigenvalue weighted by Gasteiger charge is 2.35. The summed E-state index contributed by atoms with van der Waals surface area (Å²) in [6, 6.07) is 7.03. The average Bonchev–Trinajstić information content (AvgIpc) is 3.22. The molecule has 2 aliphatic rings. The number of amides is 1. The number of hydrogen-bond donors (Lipinski definition) is 1. The third-order valence-electron chi connectivity index (χ3n) is 5.87. The van der Waals surface area contributed by atoms with Crippen LogP contribution in [-0.2, 0) is 22.4 Å². The fourth-order valence-electron chi connectivity index (χ4n) is 4.34. The van der Waals surface area contributed by atoms with Crippen LogP contribution in [0, 0.1) is 6.92 Å². The first-order valence-corrected chi connectivity index (χ1v) is 9.96. The van der Waals surface area contributed by atoms with Crippen LogP contribution in [0.2, 0.25) is 0 Å². The van der Waals surface area contributed by atoms with Crippen molar-refractivity contribution in [2.45, 2.75) is 32.2 Å². The van der Waals surface area contributed by atoms with Crippen LogP contribution in [-0.4, -0.2) is 54.1 Å². The largest absolute Gasteiger partial charge is 0.467 e. The van der Waals surface area contributed by atoms with Gasteiger partial charge in [-0.15, -0.1) is 0 Å². The molecule has 0 radical (unpaired) electrons. The third kappa shape index (κ3) is 3.35. The van der Waals surface area contributed by atoms with Gasteiger partial charge in [0.2, 0.25) is 0 Å². The lowest BCUT2D eigenvalue weighted by Gasteiger charge is -2.34. The highest BCUT2D eigenvalue weighted by Crippen LogP contribution is 2.27. The van der Waals surface area contributed by atoms with Crippen molar-refractivity contribution in [3.63, 3.8) is 0 Å². The minimum Gasteiger partial charge on any atom is -0.467 e. The summed E-state index contributed by atoms with van der Waals surface area (Å²) in [4.78, 5) is 40.4. The number of carbonyl (C=O) groups is 2. The van der Waals surface area contributed by atoms with E-state index in [1.165, 1.54) is 23.1 Å². The van der Waals surface area contributed by atoms with Crippen LogP contribution in [0.25, 0.3) is 5.69 Å². The number of methoxy groups -OCH3 is 1. The molecule has 1 aromatic heterocycles. The Hall–Kier alpha value is -2.93. The third-order valence-corrected chi connectivity index (χ3v) is 5.87. The number of fused-ring (bicyclic) bond motifs is 1. The number of ether oxygens (including phenoxy) is 1. The van der Waals surface area contributed by atoms with Gasteiger partial charge in [-0.1, -0.05) is 12.1 Å². The first kappa shape index (κ1) is 19.4. The number of rotatable bonds is 3. The van der Waals surface area contributed by atoms with Crippen molar-refractivity contribution in [1.29, 1.82) is 0 Å². The maximum atomic E-state index is 13.4. The first-order valence-electron chi connectivity index (χ1n) is 9.96. The molecule has 0 saturated carbocycles. The van der Waals surface area contributed by atoms with Gasteiger partial charge < -0.3 is 15.0 Å². The second-order valence-corrected chi connectivity index (χ2v) is 7.56. The molecule has 1 amide bonds. The van der Waals surface area contributed by atoms with Crippen LogP contribution in [0.3, 0.4) is 0 Å². The molecule has 1 aromatic carbocycles. The summed E-state index contributed by atoms with van der Waals surface area (Å²) in [5.41, 5.74) is 3.63. The zero-order chi connectivity index (χ0) is 20.5. The fraction of sp³-hybridized carbons (Fsp3) is 0.409. The summed E-state index contributed by atoms with van der Waals surface area (Å²) in [7, 11) is 1.30. The summed E-state index contributed by atoms with van der Waals surface area (Å²) >= 11 is 0. The lowest BCUT2D eigenvalue weighted by Crippen LogP contribution is -2.58. The molecule has 2 aromatic rings. The quantitative estimate of drug-likeness (QED) is 0.791. The molecule has 152 valence electrons. The maximum absolute atomic E-state index is 13.4. The van der Waals surface area contributed by atoms with Crippen LogP contribution >= 0.6 is 0 Å². The Kier molecular flexibility index (Phi) is 5.24. The topological polar surface area (TPSA) is 80.6 Å². The Balaban J connectivity index is 1.78. The zero-order valence-electron chi connectivity index (χ0n) is 16.7. The Morgan fingerprint density at radius 1 is 1.21 bits per heavy atom. The smallest absolute Gasteiger partial charge is 0.329 e. The van der Waals surface area contributed by atoms with Crippen LogP contribution in [0.15, 0.2) is 35.3 Å². The van der Waals surface area contributed by atoms with Crippen LogP contribution in [0.5, 0.6) is 0 Å². The van der Waals surface area contributed by atoms with E-state index in [1.54, 1.807) is 23.8 Å². The van der Waals surface area contributed by atoms with Gasteiger partial charge in [0, 0.05) is 25.8 Å². The van der Waals surface area contributed by atoms with E-state index < -0.39 is 17.9 Å². The number of esters is 1. The van der Waals surface area contributed by atoms with Crippen LogP contribution in [0.4, 0.5) is 0 Å². The number of carbonyl (C=O) groups excluding carboxylic acids is 2. The molecule has 1 N–H and O–H groups in total. The first-order chi connectivity index (χ1) is 14.0. The molecule has 4 rings (SSSR count). The van der Waals surface area contributed by atoms with Crippen molar-refractivity contribution < 1.29 is 14.3 Å². The van der Waals surface area contributed by atoms with E-state index in [2.05, 4.69) is 11.4 Å². The van der Waals surface area contributed by atoms with E-state index in [4.69, 9.17) is 4.74 Å². The summed E-state index contributed by atoms with van der Waals surface area (Å²) in [6.45, 7) is 2.97. The normalized spacial score (nSPS) is 18.4. The van der Waals surface area contributed by atoms with Gasteiger partial charge >= 0.3 is 5.97 Å². The lowest BCUT2D eigenvalue weighted by molar-refractivity contribution is -0.146. The molecule has 7 nitrogen and oxygen atoms in total. The predicted octanol–water partition coefficient (Wildman–Crippen LogP) is 1.22. The Bertz CT molecular complexity index is 1030. The molecule has 29 heavy (non-hydrogen) atoms. The van der Waals surface area contributed by atoms with Crippen molar-refractivity contribution in [3.8, 4) is 5.69 Å². The number of benzene rings is 1. The minimum atomic E-state index is -0.741.